The summed E-state index contributed by atoms with van der Waals surface area (Å²) in [7, 11) is 0. The average Bonchev–Trinajstić information content (AvgIpc) is 2.96. The molecule has 2 aromatic heterocycles. The van der Waals surface area contributed by atoms with Crippen LogP contribution in [0.1, 0.15) is 15.4 Å². The van der Waals surface area contributed by atoms with E-state index in [0.29, 0.717) is 11.4 Å². The Balaban J connectivity index is 1.82. The molecule has 0 aliphatic carbocycles. The van der Waals surface area contributed by atoms with E-state index in [1.807, 2.05) is 24.3 Å². The number of benzene rings is 1. The number of pyridine rings is 1. The number of rotatable bonds is 4. The van der Waals surface area contributed by atoms with Gasteiger partial charge in [-0.15, -0.1) is 11.3 Å². The van der Waals surface area contributed by atoms with E-state index in [2.05, 4.69) is 10.3 Å². The van der Waals surface area contributed by atoms with Crippen LogP contribution in [-0.4, -0.2) is 22.0 Å². The van der Waals surface area contributed by atoms with Gasteiger partial charge >= 0.3 is 5.97 Å². The van der Waals surface area contributed by atoms with Crippen molar-refractivity contribution >= 4 is 45.1 Å². The molecule has 0 bridgehead atoms. The third-order valence-corrected chi connectivity index (χ3v) is 4.16. The third kappa shape index (κ3) is 3.61. The molecular formula is C17H12N2O3S. The molecule has 0 spiro atoms. The third-order valence-electron chi connectivity index (χ3n) is 3.08. The molecule has 3 aromatic rings. The molecule has 0 aliphatic rings. The number of carboxylic acid groups (broad SMARTS) is 1. The van der Waals surface area contributed by atoms with Crippen molar-refractivity contribution in [1.29, 1.82) is 0 Å². The number of aromatic nitrogens is 1. The maximum atomic E-state index is 12.1. The molecule has 0 aliphatic heterocycles. The van der Waals surface area contributed by atoms with E-state index in [9.17, 15) is 9.59 Å². The molecule has 114 valence electrons. The van der Waals surface area contributed by atoms with Gasteiger partial charge in [-0.2, -0.15) is 0 Å². The van der Waals surface area contributed by atoms with Gasteiger partial charge in [0.2, 0.25) is 0 Å². The maximum Gasteiger partial charge on any atom is 0.328 e. The Morgan fingerprint density at radius 1 is 1.17 bits per heavy atom. The molecule has 23 heavy (non-hydrogen) atoms. The van der Waals surface area contributed by atoms with Crippen LogP contribution in [0.5, 0.6) is 0 Å². The van der Waals surface area contributed by atoms with Crippen LogP contribution in [0, 0.1) is 0 Å². The first kappa shape index (κ1) is 14.9. The second-order valence-electron chi connectivity index (χ2n) is 4.74. The Morgan fingerprint density at radius 3 is 2.78 bits per heavy atom. The molecule has 0 unspecified atom stereocenters. The zero-order valence-corrected chi connectivity index (χ0v) is 12.7. The lowest BCUT2D eigenvalue weighted by atomic mass is 10.2. The Kier molecular flexibility index (Phi) is 4.16. The zero-order valence-electron chi connectivity index (χ0n) is 11.9. The number of hydrogen-bond donors (Lipinski definition) is 2. The van der Waals surface area contributed by atoms with Crippen LogP contribution < -0.4 is 5.32 Å². The van der Waals surface area contributed by atoms with Gasteiger partial charge in [-0.05, 0) is 47.9 Å². The fourth-order valence-corrected chi connectivity index (χ4v) is 3.02. The van der Waals surface area contributed by atoms with Crippen molar-refractivity contribution in [2.24, 2.45) is 0 Å². The van der Waals surface area contributed by atoms with Gasteiger partial charge in [0.1, 0.15) is 5.69 Å². The van der Waals surface area contributed by atoms with Gasteiger partial charge in [0, 0.05) is 27.5 Å². The summed E-state index contributed by atoms with van der Waals surface area (Å²) in [5.41, 5.74) is 1.02. The Morgan fingerprint density at radius 2 is 2.04 bits per heavy atom. The van der Waals surface area contributed by atoms with Crippen molar-refractivity contribution in [1.82, 2.24) is 4.98 Å². The van der Waals surface area contributed by atoms with E-state index in [0.717, 1.165) is 21.0 Å². The highest BCUT2D eigenvalue weighted by molar-refractivity contribution is 7.19. The molecule has 2 N–H and O–H groups in total. The molecule has 0 fully saturated rings. The first-order valence-electron chi connectivity index (χ1n) is 6.79. The zero-order chi connectivity index (χ0) is 16.2. The fourth-order valence-electron chi connectivity index (χ4n) is 2.07. The highest BCUT2D eigenvalue weighted by Crippen LogP contribution is 2.29. The molecule has 6 heteroatoms. The molecule has 0 atom stereocenters. The van der Waals surface area contributed by atoms with Gasteiger partial charge < -0.3 is 10.4 Å². The SMILES string of the molecule is O=C(O)/C=C/c1cc2cc(NC(=O)c3ccccn3)ccc2s1. The molecule has 0 radical (unpaired) electrons. The predicted octanol–water partition coefficient (Wildman–Crippen LogP) is 3.65. The molecule has 2 heterocycles. The second kappa shape index (κ2) is 6.41. The van der Waals surface area contributed by atoms with Crippen LogP contribution in [-0.2, 0) is 4.79 Å². The lowest BCUT2D eigenvalue weighted by Crippen LogP contribution is -2.13. The van der Waals surface area contributed by atoms with E-state index in [-0.39, 0.29) is 5.91 Å². The molecule has 5 nitrogen and oxygen atoms in total. The summed E-state index contributed by atoms with van der Waals surface area (Å²) < 4.78 is 1.02. The molecular weight excluding hydrogens is 312 g/mol. The highest BCUT2D eigenvalue weighted by atomic mass is 32.1. The van der Waals surface area contributed by atoms with E-state index in [1.54, 1.807) is 30.5 Å². The summed E-state index contributed by atoms with van der Waals surface area (Å²) in [4.78, 5) is 27.5. The normalized spacial score (nSPS) is 11.0. The smallest absolute Gasteiger partial charge is 0.328 e. The average molecular weight is 324 g/mol. The van der Waals surface area contributed by atoms with Crippen LogP contribution in [0.4, 0.5) is 5.69 Å². The van der Waals surface area contributed by atoms with Crippen molar-refractivity contribution in [2.45, 2.75) is 0 Å². The van der Waals surface area contributed by atoms with E-state index >= 15 is 0 Å². The quantitative estimate of drug-likeness (QED) is 0.718. The minimum atomic E-state index is -0.981. The highest BCUT2D eigenvalue weighted by Gasteiger charge is 2.08. The topological polar surface area (TPSA) is 79.3 Å². The summed E-state index contributed by atoms with van der Waals surface area (Å²) in [6.45, 7) is 0. The van der Waals surface area contributed by atoms with Gasteiger partial charge in [0.05, 0.1) is 0 Å². The van der Waals surface area contributed by atoms with Gasteiger partial charge in [-0.1, -0.05) is 6.07 Å². The van der Waals surface area contributed by atoms with Crippen molar-refractivity contribution in [3.8, 4) is 0 Å². The minimum absolute atomic E-state index is 0.272. The molecule has 1 amide bonds. The van der Waals surface area contributed by atoms with Crippen LogP contribution in [0.2, 0.25) is 0 Å². The van der Waals surface area contributed by atoms with Gasteiger partial charge in [0.25, 0.3) is 5.91 Å². The Bertz CT molecular complexity index is 901. The summed E-state index contributed by atoms with van der Waals surface area (Å²) >= 11 is 1.49. The summed E-state index contributed by atoms with van der Waals surface area (Å²) in [6.07, 6.45) is 4.23. The van der Waals surface area contributed by atoms with Crippen molar-refractivity contribution < 1.29 is 14.7 Å². The number of hydrogen-bond acceptors (Lipinski definition) is 4. The van der Waals surface area contributed by atoms with E-state index in [1.165, 1.54) is 11.3 Å². The summed E-state index contributed by atoms with van der Waals surface area (Å²) in [5, 5.41) is 12.4. The minimum Gasteiger partial charge on any atom is -0.478 e. The predicted molar refractivity (Wildman–Crippen MR) is 90.7 cm³/mol. The number of carboxylic acids is 1. The van der Waals surface area contributed by atoms with Gasteiger partial charge in [0.15, 0.2) is 0 Å². The monoisotopic (exact) mass is 324 g/mol. The number of fused-ring (bicyclic) bond motifs is 1. The number of nitrogens with one attached hydrogen (secondary N) is 1. The lowest BCUT2D eigenvalue weighted by Gasteiger charge is -2.04. The Hall–Kier alpha value is -2.99. The second-order valence-corrected chi connectivity index (χ2v) is 5.86. The number of amides is 1. The molecule has 1 aromatic carbocycles. The fraction of sp³-hybridized carbons (Fsp3) is 0. The molecule has 0 saturated carbocycles. The number of aliphatic carboxylic acids is 1. The lowest BCUT2D eigenvalue weighted by molar-refractivity contribution is -0.131. The standard InChI is InChI=1S/C17H12N2O3S/c20-16(21)7-5-13-10-11-9-12(4-6-15(11)23-13)19-17(22)14-3-1-2-8-18-14/h1-10H,(H,19,22)(H,20,21)/b7-5+. The maximum absolute atomic E-state index is 12.1. The van der Waals surface area contributed by atoms with Crippen molar-refractivity contribution in [3.05, 3.63) is 65.3 Å². The van der Waals surface area contributed by atoms with Crippen LogP contribution >= 0.6 is 11.3 Å². The molecule has 3 rings (SSSR count). The first-order valence-corrected chi connectivity index (χ1v) is 7.60. The van der Waals surface area contributed by atoms with Crippen LogP contribution in [0.25, 0.3) is 16.2 Å². The number of thiophene rings is 1. The number of nitrogens with zero attached hydrogens (tertiary/aromatic N) is 1. The number of carbonyl (C=O) groups excluding carboxylic acids is 1. The Labute approximate surface area is 135 Å². The van der Waals surface area contributed by atoms with Crippen molar-refractivity contribution in [3.63, 3.8) is 0 Å². The summed E-state index contributed by atoms with van der Waals surface area (Å²) in [6, 6.07) is 12.6. The van der Waals surface area contributed by atoms with Gasteiger partial charge in [-0.25, -0.2) is 4.79 Å². The number of anilines is 1. The van der Waals surface area contributed by atoms with E-state index in [4.69, 9.17) is 5.11 Å². The van der Waals surface area contributed by atoms with Crippen LogP contribution in [0.3, 0.4) is 0 Å². The van der Waals surface area contributed by atoms with Crippen LogP contribution in [0.15, 0.2) is 54.7 Å². The van der Waals surface area contributed by atoms with Crippen molar-refractivity contribution in [2.75, 3.05) is 5.32 Å². The van der Waals surface area contributed by atoms with E-state index < -0.39 is 5.97 Å². The molecule has 0 saturated heterocycles. The van der Waals surface area contributed by atoms with Gasteiger partial charge in [-0.3, -0.25) is 9.78 Å². The largest absolute Gasteiger partial charge is 0.478 e. The first-order chi connectivity index (χ1) is 11.1. The number of carbonyl (C=O) groups is 2. The summed E-state index contributed by atoms with van der Waals surface area (Å²) in [5.74, 6) is -1.25.